The number of halogens is 1. The lowest BCUT2D eigenvalue weighted by atomic mass is 10.2. The first-order valence-electron chi connectivity index (χ1n) is 2.87. The van der Waals surface area contributed by atoms with E-state index >= 15 is 0 Å². The first-order chi connectivity index (χ1) is 5.09. The average molecular weight is 215 g/mol. The number of hydrogen-bond donors (Lipinski definition) is 1. The quantitative estimate of drug-likeness (QED) is 0.689. The standard InChI is InChI=1S/C7H6BrNO2/c8-5-1-4(7(10)11)2-6(9)3-5/h1-3H,9H2,(H,10,11)/p-1. The number of carbonyl (C=O) groups excluding carboxylic acids is 1. The molecule has 0 atom stereocenters. The van der Waals surface area contributed by atoms with Gasteiger partial charge in [0.15, 0.2) is 0 Å². The summed E-state index contributed by atoms with van der Waals surface area (Å²) in [6.07, 6.45) is 0. The number of benzene rings is 1. The molecule has 0 aliphatic carbocycles. The molecule has 1 aromatic carbocycles. The first-order valence-corrected chi connectivity index (χ1v) is 3.66. The van der Waals surface area contributed by atoms with Crippen molar-refractivity contribution in [2.75, 3.05) is 5.73 Å². The summed E-state index contributed by atoms with van der Waals surface area (Å²) in [5, 5.41) is 10.3. The summed E-state index contributed by atoms with van der Waals surface area (Å²) in [7, 11) is 0. The largest absolute Gasteiger partial charge is 0.545 e. The number of carboxylic acids is 1. The van der Waals surface area contributed by atoms with Crippen LogP contribution >= 0.6 is 15.9 Å². The molecule has 0 aromatic heterocycles. The number of carboxylic acid groups (broad SMARTS) is 1. The minimum absolute atomic E-state index is 0.0804. The van der Waals surface area contributed by atoms with E-state index in [9.17, 15) is 9.90 Å². The van der Waals surface area contributed by atoms with Crippen molar-refractivity contribution in [1.82, 2.24) is 0 Å². The van der Waals surface area contributed by atoms with E-state index in [1.807, 2.05) is 0 Å². The molecule has 0 spiro atoms. The molecule has 1 aromatic rings. The monoisotopic (exact) mass is 214 g/mol. The van der Waals surface area contributed by atoms with Crippen LogP contribution in [0, 0.1) is 0 Å². The molecular weight excluding hydrogens is 210 g/mol. The molecule has 0 amide bonds. The van der Waals surface area contributed by atoms with Crippen molar-refractivity contribution in [1.29, 1.82) is 0 Å². The number of carbonyl (C=O) groups is 1. The molecule has 0 bridgehead atoms. The maximum atomic E-state index is 10.3. The molecule has 0 saturated carbocycles. The molecule has 11 heavy (non-hydrogen) atoms. The number of rotatable bonds is 1. The van der Waals surface area contributed by atoms with Crippen molar-refractivity contribution < 1.29 is 9.90 Å². The van der Waals surface area contributed by atoms with Crippen molar-refractivity contribution in [2.45, 2.75) is 0 Å². The maximum absolute atomic E-state index is 10.3. The molecule has 2 N–H and O–H groups in total. The van der Waals surface area contributed by atoms with Gasteiger partial charge in [0.1, 0.15) is 0 Å². The Morgan fingerprint density at radius 2 is 2.09 bits per heavy atom. The van der Waals surface area contributed by atoms with E-state index in [0.717, 1.165) is 0 Å². The number of hydrogen-bond acceptors (Lipinski definition) is 3. The highest BCUT2D eigenvalue weighted by molar-refractivity contribution is 9.10. The summed E-state index contributed by atoms with van der Waals surface area (Å²) in [5.41, 5.74) is 5.86. The Morgan fingerprint density at radius 1 is 1.45 bits per heavy atom. The molecular formula is C7H5BrNO2-. The van der Waals surface area contributed by atoms with Crippen LogP contribution in [0.2, 0.25) is 0 Å². The van der Waals surface area contributed by atoms with Crippen molar-refractivity contribution >= 4 is 27.6 Å². The van der Waals surface area contributed by atoms with Gasteiger partial charge < -0.3 is 15.6 Å². The Labute approximate surface area is 72.0 Å². The van der Waals surface area contributed by atoms with Crippen LogP contribution in [0.15, 0.2) is 22.7 Å². The summed E-state index contributed by atoms with van der Waals surface area (Å²) in [5.74, 6) is -1.22. The van der Waals surface area contributed by atoms with Gasteiger partial charge in [-0.3, -0.25) is 0 Å². The molecule has 0 aliphatic heterocycles. The third-order valence-corrected chi connectivity index (χ3v) is 1.61. The second kappa shape index (κ2) is 2.92. The minimum Gasteiger partial charge on any atom is -0.545 e. The predicted molar refractivity (Wildman–Crippen MR) is 42.9 cm³/mol. The maximum Gasteiger partial charge on any atom is 0.0716 e. The van der Waals surface area contributed by atoms with Gasteiger partial charge in [-0.1, -0.05) is 15.9 Å². The highest BCUT2D eigenvalue weighted by atomic mass is 79.9. The van der Waals surface area contributed by atoms with E-state index in [1.165, 1.54) is 12.1 Å². The van der Waals surface area contributed by atoms with Crippen LogP contribution < -0.4 is 10.8 Å². The zero-order chi connectivity index (χ0) is 8.43. The zero-order valence-electron chi connectivity index (χ0n) is 5.50. The second-order valence-electron chi connectivity index (χ2n) is 2.06. The zero-order valence-corrected chi connectivity index (χ0v) is 7.09. The molecule has 0 heterocycles. The summed E-state index contributed by atoms with van der Waals surface area (Å²) in [6.45, 7) is 0. The summed E-state index contributed by atoms with van der Waals surface area (Å²) >= 11 is 3.11. The van der Waals surface area contributed by atoms with Crippen molar-refractivity contribution in [2.24, 2.45) is 0 Å². The summed E-state index contributed by atoms with van der Waals surface area (Å²) < 4.78 is 0.636. The number of aromatic carboxylic acids is 1. The van der Waals surface area contributed by atoms with Gasteiger partial charge in [-0.15, -0.1) is 0 Å². The van der Waals surface area contributed by atoms with Crippen molar-refractivity contribution in [3.8, 4) is 0 Å². The van der Waals surface area contributed by atoms with Crippen LogP contribution in [0.4, 0.5) is 5.69 Å². The summed E-state index contributed by atoms with van der Waals surface area (Å²) in [4.78, 5) is 10.3. The summed E-state index contributed by atoms with van der Waals surface area (Å²) in [6, 6.07) is 4.40. The van der Waals surface area contributed by atoms with Gasteiger partial charge in [-0.2, -0.15) is 0 Å². The van der Waals surface area contributed by atoms with Gasteiger partial charge >= 0.3 is 0 Å². The number of anilines is 1. The van der Waals surface area contributed by atoms with Crippen LogP contribution in [0.5, 0.6) is 0 Å². The van der Waals surface area contributed by atoms with Crippen LogP contribution in [0.1, 0.15) is 10.4 Å². The van der Waals surface area contributed by atoms with Crippen molar-refractivity contribution in [3.05, 3.63) is 28.2 Å². The lowest BCUT2D eigenvalue weighted by molar-refractivity contribution is -0.255. The van der Waals surface area contributed by atoms with E-state index in [4.69, 9.17) is 5.73 Å². The predicted octanol–water partition coefficient (Wildman–Crippen LogP) is 0.395. The van der Waals surface area contributed by atoms with Gasteiger partial charge in [-0.25, -0.2) is 0 Å². The van der Waals surface area contributed by atoms with Gasteiger partial charge in [0.05, 0.1) is 5.97 Å². The van der Waals surface area contributed by atoms with Crippen molar-refractivity contribution in [3.63, 3.8) is 0 Å². The second-order valence-corrected chi connectivity index (χ2v) is 2.98. The van der Waals surface area contributed by atoms with E-state index in [-0.39, 0.29) is 5.56 Å². The Bertz CT molecular complexity index is 278. The van der Waals surface area contributed by atoms with Crippen LogP contribution in [0.3, 0.4) is 0 Å². The van der Waals surface area contributed by atoms with E-state index < -0.39 is 5.97 Å². The van der Waals surface area contributed by atoms with Gasteiger partial charge in [0.25, 0.3) is 0 Å². The molecule has 3 nitrogen and oxygen atoms in total. The van der Waals surface area contributed by atoms with Gasteiger partial charge in [0, 0.05) is 15.7 Å². The van der Waals surface area contributed by atoms with E-state index in [1.54, 1.807) is 6.07 Å². The highest BCUT2D eigenvalue weighted by Gasteiger charge is 1.96. The number of nitrogens with two attached hydrogens (primary N) is 1. The van der Waals surface area contributed by atoms with Crippen LogP contribution in [0.25, 0.3) is 0 Å². The number of nitrogen functional groups attached to an aromatic ring is 1. The third kappa shape index (κ3) is 1.94. The lowest BCUT2D eigenvalue weighted by Crippen LogP contribution is -2.22. The molecule has 0 saturated heterocycles. The van der Waals surface area contributed by atoms with E-state index in [2.05, 4.69) is 15.9 Å². The Kier molecular flexibility index (Phi) is 2.14. The van der Waals surface area contributed by atoms with Crippen LogP contribution in [-0.2, 0) is 0 Å². The fourth-order valence-electron chi connectivity index (χ4n) is 0.730. The first kappa shape index (κ1) is 8.07. The highest BCUT2D eigenvalue weighted by Crippen LogP contribution is 2.16. The smallest absolute Gasteiger partial charge is 0.0716 e. The molecule has 0 fully saturated rings. The van der Waals surface area contributed by atoms with Gasteiger partial charge in [0.2, 0.25) is 0 Å². The SMILES string of the molecule is Nc1cc(Br)cc(C(=O)[O-])c1. The minimum atomic E-state index is -1.22. The fraction of sp³-hybridized carbons (Fsp3) is 0. The Hall–Kier alpha value is -1.03. The van der Waals surface area contributed by atoms with Crippen LogP contribution in [-0.4, -0.2) is 5.97 Å². The fourth-order valence-corrected chi connectivity index (χ4v) is 1.24. The molecule has 1 rings (SSSR count). The molecule has 0 unspecified atom stereocenters. The molecule has 0 radical (unpaired) electrons. The van der Waals surface area contributed by atoms with E-state index in [0.29, 0.717) is 10.2 Å². The Morgan fingerprint density at radius 3 is 2.55 bits per heavy atom. The third-order valence-electron chi connectivity index (χ3n) is 1.16. The molecule has 0 aliphatic rings. The van der Waals surface area contributed by atoms with Gasteiger partial charge in [-0.05, 0) is 18.2 Å². The normalized spacial score (nSPS) is 9.55. The molecule has 58 valence electrons. The Balaban J connectivity index is 3.19. The lowest BCUT2D eigenvalue weighted by Gasteiger charge is -2.03. The molecule has 4 heteroatoms. The topological polar surface area (TPSA) is 66.2 Å². The average Bonchev–Trinajstić information content (AvgIpc) is 1.85.